The van der Waals surface area contributed by atoms with Gasteiger partial charge in [0.2, 0.25) is 0 Å². The van der Waals surface area contributed by atoms with Crippen LogP contribution in [0.1, 0.15) is 22.8 Å². The summed E-state index contributed by atoms with van der Waals surface area (Å²) in [5.74, 6) is -0.805. The fraction of sp³-hybridized carbons (Fsp3) is 0.143. The molecule has 144 valence electrons. The number of amides is 1. The molecule has 1 amide bonds. The van der Waals surface area contributed by atoms with E-state index in [9.17, 15) is 14.0 Å². The van der Waals surface area contributed by atoms with Crippen LogP contribution in [-0.4, -0.2) is 17.1 Å². The SMILES string of the molecule is CCOc1ccn(-c2ccc(F)cc2)c(=O)c1C(=O)Nc1ccc(C)c(Br)c1. The number of aromatic nitrogens is 1. The number of carbonyl (C=O) groups excluding carboxylic acids is 1. The molecule has 1 heterocycles. The maximum Gasteiger partial charge on any atom is 0.271 e. The average molecular weight is 445 g/mol. The Morgan fingerprint density at radius 2 is 1.89 bits per heavy atom. The first-order chi connectivity index (χ1) is 13.4. The summed E-state index contributed by atoms with van der Waals surface area (Å²) in [6.07, 6.45) is 1.50. The molecule has 28 heavy (non-hydrogen) atoms. The van der Waals surface area contributed by atoms with E-state index in [1.165, 1.54) is 35.0 Å². The molecule has 3 aromatic rings. The van der Waals surface area contributed by atoms with Crippen LogP contribution in [0, 0.1) is 12.7 Å². The Labute approximate surface area is 169 Å². The third-order valence-corrected chi connectivity index (χ3v) is 4.97. The van der Waals surface area contributed by atoms with Gasteiger partial charge < -0.3 is 10.1 Å². The van der Waals surface area contributed by atoms with E-state index < -0.39 is 17.3 Å². The number of pyridine rings is 1. The molecule has 0 spiro atoms. The van der Waals surface area contributed by atoms with E-state index in [1.54, 1.807) is 25.1 Å². The van der Waals surface area contributed by atoms with E-state index in [1.807, 2.05) is 13.0 Å². The molecule has 3 rings (SSSR count). The number of benzene rings is 2. The lowest BCUT2D eigenvalue weighted by Crippen LogP contribution is -2.29. The molecule has 7 heteroatoms. The second-order valence-corrected chi connectivity index (χ2v) is 6.91. The number of anilines is 1. The van der Waals surface area contributed by atoms with Gasteiger partial charge in [-0.25, -0.2) is 4.39 Å². The molecule has 0 saturated carbocycles. The van der Waals surface area contributed by atoms with Gasteiger partial charge in [-0.15, -0.1) is 0 Å². The zero-order chi connectivity index (χ0) is 20.3. The van der Waals surface area contributed by atoms with Gasteiger partial charge in [0.1, 0.15) is 17.1 Å². The Morgan fingerprint density at radius 3 is 2.54 bits per heavy atom. The van der Waals surface area contributed by atoms with Crippen molar-refractivity contribution >= 4 is 27.5 Å². The third kappa shape index (κ3) is 4.14. The van der Waals surface area contributed by atoms with E-state index in [0.29, 0.717) is 18.0 Å². The standard InChI is InChI=1S/C21H18BrFN2O3/c1-3-28-18-10-11-25(16-8-5-14(23)6-9-16)21(27)19(18)20(26)24-15-7-4-13(2)17(22)12-15/h4-12H,3H2,1-2H3,(H,24,26). The van der Waals surface area contributed by atoms with Crippen LogP contribution < -0.4 is 15.6 Å². The number of rotatable bonds is 5. The van der Waals surface area contributed by atoms with E-state index in [0.717, 1.165) is 10.0 Å². The van der Waals surface area contributed by atoms with Crippen LogP contribution in [0.2, 0.25) is 0 Å². The lowest BCUT2D eigenvalue weighted by molar-refractivity contribution is 0.102. The molecule has 0 bridgehead atoms. The summed E-state index contributed by atoms with van der Waals surface area (Å²) in [4.78, 5) is 25.9. The lowest BCUT2D eigenvalue weighted by atomic mass is 10.2. The van der Waals surface area contributed by atoms with Gasteiger partial charge in [-0.3, -0.25) is 14.2 Å². The normalized spacial score (nSPS) is 10.6. The summed E-state index contributed by atoms with van der Waals surface area (Å²) in [5, 5.41) is 2.73. The van der Waals surface area contributed by atoms with Crippen LogP contribution >= 0.6 is 15.9 Å². The predicted molar refractivity (Wildman–Crippen MR) is 110 cm³/mol. The van der Waals surface area contributed by atoms with Crippen molar-refractivity contribution < 1.29 is 13.9 Å². The second-order valence-electron chi connectivity index (χ2n) is 6.06. The number of nitrogens with zero attached hydrogens (tertiary/aromatic N) is 1. The summed E-state index contributed by atoms with van der Waals surface area (Å²) < 4.78 is 20.8. The topological polar surface area (TPSA) is 60.3 Å². The van der Waals surface area contributed by atoms with Crippen molar-refractivity contribution in [2.24, 2.45) is 0 Å². The molecule has 0 aliphatic heterocycles. The van der Waals surface area contributed by atoms with Gasteiger partial charge in [0.05, 0.1) is 6.61 Å². The van der Waals surface area contributed by atoms with Crippen molar-refractivity contribution in [2.45, 2.75) is 13.8 Å². The van der Waals surface area contributed by atoms with Crippen molar-refractivity contribution in [2.75, 3.05) is 11.9 Å². The smallest absolute Gasteiger partial charge is 0.271 e. The number of aryl methyl sites for hydroxylation is 1. The third-order valence-electron chi connectivity index (χ3n) is 4.12. The number of ether oxygens (including phenoxy) is 1. The highest BCUT2D eigenvalue weighted by Gasteiger charge is 2.20. The highest BCUT2D eigenvalue weighted by atomic mass is 79.9. The summed E-state index contributed by atoms with van der Waals surface area (Å²) >= 11 is 3.42. The van der Waals surface area contributed by atoms with Crippen molar-refractivity contribution in [1.82, 2.24) is 4.57 Å². The quantitative estimate of drug-likeness (QED) is 0.620. The minimum Gasteiger partial charge on any atom is -0.493 e. The van der Waals surface area contributed by atoms with Crippen molar-refractivity contribution in [3.05, 3.63) is 86.5 Å². The fourth-order valence-electron chi connectivity index (χ4n) is 2.67. The molecule has 0 aliphatic carbocycles. The van der Waals surface area contributed by atoms with Crippen LogP contribution in [-0.2, 0) is 0 Å². The Kier molecular flexibility index (Phi) is 5.94. The first kappa shape index (κ1) is 19.8. The Hall–Kier alpha value is -2.93. The van der Waals surface area contributed by atoms with Crippen molar-refractivity contribution in [3.63, 3.8) is 0 Å². The molecule has 1 aromatic heterocycles. The molecular formula is C21H18BrFN2O3. The predicted octanol–water partition coefficient (Wildman–Crippen LogP) is 4.70. The fourth-order valence-corrected chi connectivity index (χ4v) is 3.05. The van der Waals surface area contributed by atoms with Crippen molar-refractivity contribution in [1.29, 1.82) is 0 Å². The number of carbonyl (C=O) groups is 1. The maximum atomic E-state index is 13.2. The summed E-state index contributed by atoms with van der Waals surface area (Å²) in [5.41, 5.74) is 1.33. The number of halogens is 2. The van der Waals surface area contributed by atoms with Gasteiger partial charge in [0.15, 0.2) is 0 Å². The van der Waals surface area contributed by atoms with E-state index in [-0.39, 0.29) is 11.3 Å². The molecule has 0 saturated heterocycles. The van der Waals surface area contributed by atoms with Gasteiger partial charge >= 0.3 is 0 Å². The zero-order valence-electron chi connectivity index (χ0n) is 15.3. The highest BCUT2D eigenvalue weighted by Crippen LogP contribution is 2.22. The molecule has 5 nitrogen and oxygen atoms in total. The molecule has 2 aromatic carbocycles. The second kappa shape index (κ2) is 8.39. The van der Waals surface area contributed by atoms with E-state index in [2.05, 4.69) is 21.2 Å². The minimum absolute atomic E-state index is 0.120. The van der Waals surface area contributed by atoms with Crippen LogP contribution in [0.4, 0.5) is 10.1 Å². The Morgan fingerprint density at radius 1 is 1.18 bits per heavy atom. The monoisotopic (exact) mass is 444 g/mol. The zero-order valence-corrected chi connectivity index (χ0v) is 16.9. The van der Waals surface area contributed by atoms with Crippen LogP contribution in [0.3, 0.4) is 0 Å². The Bertz CT molecular complexity index is 1080. The van der Waals surface area contributed by atoms with Gasteiger partial charge in [0, 0.05) is 22.0 Å². The maximum absolute atomic E-state index is 13.2. The number of hydrogen-bond acceptors (Lipinski definition) is 3. The van der Waals surface area contributed by atoms with Gasteiger partial charge in [0.25, 0.3) is 11.5 Å². The lowest BCUT2D eigenvalue weighted by Gasteiger charge is -2.14. The summed E-state index contributed by atoms with van der Waals surface area (Å²) in [7, 11) is 0. The Balaban J connectivity index is 2.04. The summed E-state index contributed by atoms with van der Waals surface area (Å²) in [6, 6.07) is 12.4. The van der Waals surface area contributed by atoms with E-state index in [4.69, 9.17) is 4.74 Å². The van der Waals surface area contributed by atoms with Crippen molar-refractivity contribution in [3.8, 4) is 11.4 Å². The first-order valence-corrected chi connectivity index (χ1v) is 9.42. The highest BCUT2D eigenvalue weighted by molar-refractivity contribution is 9.10. The molecule has 1 N–H and O–H groups in total. The summed E-state index contributed by atoms with van der Waals surface area (Å²) in [6.45, 7) is 4.00. The molecule has 0 radical (unpaired) electrons. The van der Waals surface area contributed by atoms with Gasteiger partial charge in [-0.05, 0) is 61.9 Å². The van der Waals surface area contributed by atoms with Gasteiger partial charge in [-0.1, -0.05) is 22.0 Å². The largest absolute Gasteiger partial charge is 0.493 e. The molecule has 0 atom stereocenters. The number of nitrogens with one attached hydrogen (secondary N) is 1. The first-order valence-electron chi connectivity index (χ1n) is 8.62. The van der Waals surface area contributed by atoms with Crippen LogP contribution in [0.15, 0.2) is 64.0 Å². The van der Waals surface area contributed by atoms with Gasteiger partial charge in [-0.2, -0.15) is 0 Å². The molecule has 0 unspecified atom stereocenters. The molecule has 0 aliphatic rings. The number of hydrogen-bond donors (Lipinski definition) is 1. The minimum atomic E-state index is -0.583. The van der Waals surface area contributed by atoms with Crippen LogP contribution in [0.5, 0.6) is 5.75 Å². The molecule has 0 fully saturated rings. The average Bonchev–Trinajstić information content (AvgIpc) is 2.66. The van der Waals surface area contributed by atoms with E-state index >= 15 is 0 Å². The van der Waals surface area contributed by atoms with Crippen LogP contribution in [0.25, 0.3) is 5.69 Å². The molecular weight excluding hydrogens is 427 g/mol.